The molecule has 0 radical (unpaired) electrons. The van der Waals surface area contributed by atoms with E-state index in [1.54, 1.807) is 14.2 Å². The van der Waals surface area contributed by atoms with Crippen LogP contribution in [0.5, 0.6) is 11.6 Å². The standard InChI is InChI=1S/C19H20N2O3/c1-12(17(22)13-8-10-14(23-2)11-9-13)18-20-16-7-5-4-6-15(16)19(21-18)24-3/h4-12,17,22H,1-3H3. The van der Waals surface area contributed by atoms with Crippen molar-refractivity contribution in [2.75, 3.05) is 14.2 Å². The van der Waals surface area contributed by atoms with E-state index >= 15 is 0 Å². The fourth-order valence-corrected chi connectivity index (χ4v) is 2.65. The maximum atomic E-state index is 10.7. The number of benzene rings is 2. The number of nitrogens with zero attached hydrogens (tertiary/aromatic N) is 2. The van der Waals surface area contributed by atoms with E-state index in [4.69, 9.17) is 9.47 Å². The van der Waals surface area contributed by atoms with Crippen molar-refractivity contribution in [3.63, 3.8) is 0 Å². The molecule has 3 aromatic rings. The third-order valence-corrected chi connectivity index (χ3v) is 4.12. The molecule has 2 atom stereocenters. The van der Waals surface area contributed by atoms with Crippen LogP contribution in [-0.2, 0) is 0 Å². The summed E-state index contributed by atoms with van der Waals surface area (Å²) in [7, 11) is 3.20. The summed E-state index contributed by atoms with van der Waals surface area (Å²) in [4.78, 5) is 9.07. The lowest BCUT2D eigenvalue weighted by Crippen LogP contribution is -2.12. The fourth-order valence-electron chi connectivity index (χ4n) is 2.65. The number of methoxy groups -OCH3 is 2. The lowest BCUT2D eigenvalue weighted by Gasteiger charge is -2.19. The third-order valence-electron chi connectivity index (χ3n) is 4.12. The zero-order chi connectivity index (χ0) is 17.1. The smallest absolute Gasteiger partial charge is 0.224 e. The molecule has 0 saturated carbocycles. The fraction of sp³-hybridized carbons (Fsp3) is 0.263. The number of hydrogen-bond acceptors (Lipinski definition) is 5. The van der Waals surface area contributed by atoms with Gasteiger partial charge < -0.3 is 14.6 Å². The Balaban J connectivity index is 1.96. The summed E-state index contributed by atoms with van der Waals surface area (Å²) < 4.78 is 10.5. The summed E-state index contributed by atoms with van der Waals surface area (Å²) in [5, 5.41) is 11.5. The Kier molecular flexibility index (Phi) is 4.62. The molecule has 1 aromatic heterocycles. The second-order valence-electron chi connectivity index (χ2n) is 5.61. The largest absolute Gasteiger partial charge is 0.497 e. The normalized spacial score (nSPS) is 13.5. The van der Waals surface area contributed by atoms with Crippen molar-refractivity contribution < 1.29 is 14.6 Å². The summed E-state index contributed by atoms with van der Waals surface area (Å²) >= 11 is 0. The average molecular weight is 324 g/mol. The zero-order valence-electron chi connectivity index (χ0n) is 13.9. The van der Waals surface area contributed by atoms with Gasteiger partial charge in [0.1, 0.15) is 11.6 Å². The van der Waals surface area contributed by atoms with E-state index in [-0.39, 0.29) is 5.92 Å². The SMILES string of the molecule is COc1ccc(C(O)C(C)c2nc(OC)c3ccccc3n2)cc1. The van der Waals surface area contributed by atoms with Gasteiger partial charge in [0.25, 0.3) is 0 Å². The highest BCUT2D eigenvalue weighted by atomic mass is 16.5. The minimum Gasteiger partial charge on any atom is -0.497 e. The first kappa shape index (κ1) is 16.2. The van der Waals surface area contributed by atoms with Gasteiger partial charge in [-0.2, -0.15) is 4.98 Å². The number of fused-ring (bicyclic) bond motifs is 1. The second-order valence-corrected chi connectivity index (χ2v) is 5.61. The summed E-state index contributed by atoms with van der Waals surface area (Å²) in [6, 6.07) is 15.0. The van der Waals surface area contributed by atoms with Crippen molar-refractivity contribution in [2.45, 2.75) is 18.9 Å². The van der Waals surface area contributed by atoms with Crippen LogP contribution in [0.4, 0.5) is 0 Å². The summed E-state index contributed by atoms with van der Waals surface area (Å²) in [5.74, 6) is 1.54. The van der Waals surface area contributed by atoms with Crippen molar-refractivity contribution in [2.24, 2.45) is 0 Å². The Morgan fingerprint density at radius 3 is 2.29 bits per heavy atom. The molecule has 0 saturated heterocycles. The first-order valence-corrected chi connectivity index (χ1v) is 7.76. The van der Waals surface area contributed by atoms with Gasteiger partial charge in [-0.3, -0.25) is 0 Å². The van der Waals surface area contributed by atoms with E-state index in [0.717, 1.165) is 22.2 Å². The van der Waals surface area contributed by atoms with E-state index in [9.17, 15) is 5.11 Å². The number of rotatable bonds is 5. The molecule has 5 nitrogen and oxygen atoms in total. The van der Waals surface area contributed by atoms with Crippen LogP contribution in [0.15, 0.2) is 48.5 Å². The van der Waals surface area contributed by atoms with Gasteiger partial charge in [0.2, 0.25) is 5.88 Å². The Hall–Kier alpha value is -2.66. The van der Waals surface area contributed by atoms with Crippen LogP contribution in [0.2, 0.25) is 0 Å². The minimum absolute atomic E-state index is 0.281. The zero-order valence-corrected chi connectivity index (χ0v) is 13.9. The van der Waals surface area contributed by atoms with E-state index in [1.807, 2.05) is 55.5 Å². The molecule has 1 N–H and O–H groups in total. The molecular weight excluding hydrogens is 304 g/mol. The van der Waals surface area contributed by atoms with Gasteiger partial charge in [-0.1, -0.05) is 31.2 Å². The van der Waals surface area contributed by atoms with Crippen molar-refractivity contribution in [3.8, 4) is 11.6 Å². The van der Waals surface area contributed by atoms with Gasteiger partial charge in [-0.15, -0.1) is 0 Å². The number of aliphatic hydroxyl groups is 1. The van der Waals surface area contributed by atoms with E-state index in [1.165, 1.54) is 0 Å². The summed E-state index contributed by atoms with van der Waals surface area (Å²) in [6.45, 7) is 1.90. The van der Waals surface area contributed by atoms with Gasteiger partial charge in [0, 0.05) is 5.92 Å². The van der Waals surface area contributed by atoms with Crippen LogP contribution in [0, 0.1) is 0 Å². The topological polar surface area (TPSA) is 64.5 Å². The molecule has 0 spiro atoms. The van der Waals surface area contributed by atoms with Crippen molar-refractivity contribution in [1.82, 2.24) is 9.97 Å². The number of hydrogen-bond donors (Lipinski definition) is 1. The monoisotopic (exact) mass is 324 g/mol. The van der Waals surface area contributed by atoms with Crippen LogP contribution in [-0.4, -0.2) is 29.3 Å². The van der Waals surface area contributed by atoms with E-state index in [2.05, 4.69) is 9.97 Å². The second kappa shape index (κ2) is 6.84. The molecule has 3 rings (SSSR count). The molecule has 24 heavy (non-hydrogen) atoms. The predicted octanol–water partition coefficient (Wildman–Crippen LogP) is 3.48. The molecule has 1 heterocycles. The first-order chi connectivity index (χ1) is 11.6. The first-order valence-electron chi connectivity index (χ1n) is 7.76. The lowest BCUT2D eigenvalue weighted by atomic mass is 9.96. The number of aromatic nitrogens is 2. The van der Waals surface area contributed by atoms with Gasteiger partial charge in [0.05, 0.1) is 31.2 Å². The predicted molar refractivity (Wildman–Crippen MR) is 92.5 cm³/mol. The molecule has 0 amide bonds. The molecule has 0 fully saturated rings. The Morgan fingerprint density at radius 1 is 0.917 bits per heavy atom. The highest BCUT2D eigenvalue weighted by Gasteiger charge is 2.22. The molecule has 0 aliphatic rings. The molecule has 2 unspecified atom stereocenters. The Labute approximate surface area is 140 Å². The van der Waals surface area contributed by atoms with E-state index in [0.29, 0.717) is 11.7 Å². The number of ether oxygens (including phenoxy) is 2. The molecule has 0 aliphatic carbocycles. The summed E-state index contributed by atoms with van der Waals surface area (Å²) in [5.41, 5.74) is 1.59. The quantitative estimate of drug-likeness (QED) is 0.778. The van der Waals surface area contributed by atoms with Crippen LogP contribution in [0.25, 0.3) is 10.9 Å². The molecular formula is C19H20N2O3. The van der Waals surface area contributed by atoms with Gasteiger partial charge in [-0.05, 0) is 29.8 Å². The highest BCUT2D eigenvalue weighted by Crippen LogP contribution is 2.32. The van der Waals surface area contributed by atoms with Crippen molar-refractivity contribution in [3.05, 3.63) is 59.9 Å². The Morgan fingerprint density at radius 2 is 1.62 bits per heavy atom. The highest BCUT2D eigenvalue weighted by molar-refractivity contribution is 5.83. The van der Waals surface area contributed by atoms with Gasteiger partial charge in [0.15, 0.2) is 0 Å². The minimum atomic E-state index is -0.721. The molecule has 5 heteroatoms. The third kappa shape index (κ3) is 3.03. The molecule has 124 valence electrons. The molecule has 0 bridgehead atoms. The van der Waals surface area contributed by atoms with Crippen LogP contribution >= 0.6 is 0 Å². The molecule has 0 aliphatic heterocycles. The lowest BCUT2D eigenvalue weighted by molar-refractivity contribution is 0.148. The van der Waals surface area contributed by atoms with Crippen molar-refractivity contribution >= 4 is 10.9 Å². The van der Waals surface area contributed by atoms with Crippen molar-refractivity contribution in [1.29, 1.82) is 0 Å². The maximum Gasteiger partial charge on any atom is 0.224 e. The van der Waals surface area contributed by atoms with E-state index < -0.39 is 6.10 Å². The number of aliphatic hydroxyl groups excluding tert-OH is 1. The van der Waals surface area contributed by atoms with Gasteiger partial charge >= 0.3 is 0 Å². The van der Waals surface area contributed by atoms with Crippen LogP contribution < -0.4 is 9.47 Å². The number of para-hydroxylation sites is 1. The maximum absolute atomic E-state index is 10.7. The van der Waals surface area contributed by atoms with Gasteiger partial charge in [-0.25, -0.2) is 4.98 Å². The van der Waals surface area contributed by atoms with Crippen LogP contribution in [0.1, 0.15) is 30.3 Å². The Bertz CT molecular complexity index is 834. The van der Waals surface area contributed by atoms with Crippen LogP contribution in [0.3, 0.4) is 0 Å². The molecule has 2 aromatic carbocycles. The average Bonchev–Trinajstić information content (AvgIpc) is 2.65. The summed E-state index contributed by atoms with van der Waals surface area (Å²) in [6.07, 6.45) is -0.721.